The van der Waals surface area contributed by atoms with Crippen LogP contribution in [0, 0.1) is 5.41 Å². The Morgan fingerprint density at radius 3 is 2.09 bits per heavy atom. The van der Waals surface area contributed by atoms with E-state index in [1.807, 2.05) is 0 Å². The average Bonchev–Trinajstić information content (AvgIpc) is 3.47. The molecule has 2 N–H and O–H groups in total. The van der Waals surface area contributed by atoms with Crippen LogP contribution >= 0.6 is 0 Å². The normalized spacial score (nSPS) is 14.8. The molecular formula is C23H25F5N2O2. The number of alkyl halides is 5. The van der Waals surface area contributed by atoms with E-state index in [1.165, 1.54) is 18.2 Å². The molecule has 9 heteroatoms. The highest BCUT2D eigenvalue weighted by atomic mass is 19.4. The van der Waals surface area contributed by atoms with Gasteiger partial charge in [0.2, 0.25) is 11.7 Å². The fraction of sp³-hybridized carbons (Fsp3) is 0.391. The lowest BCUT2D eigenvalue weighted by atomic mass is 9.98. The molecule has 0 spiro atoms. The number of para-hydroxylation sites is 1. The Hall–Kier alpha value is -2.97. The molecule has 0 saturated heterocycles. The van der Waals surface area contributed by atoms with Crippen molar-refractivity contribution in [1.29, 1.82) is 0 Å². The molecular weight excluding hydrogens is 431 g/mol. The molecule has 1 aliphatic rings. The molecule has 0 atom stereocenters. The molecule has 0 unspecified atom stereocenters. The molecule has 1 amide bonds. The van der Waals surface area contributed by atoms with E-state index in [9.17, 15) is 31.5 Å². The maximum absolute atomic E-state index is 13.7. The van der Waals surface area contributed by atoms with Gasteiger partial charge < -0.3 is 10.6 Å². The zero-order valence-corrected chi connectivity index (χ0v) is 16.7. The molecule has 4 nitrogen and oxygen atoms in total. The summed E-state index contributed by atoms with van der Waals surface area (Å²) in [5.41, 5.74) is 0.0751. The minimum Gasteiger partial charge on any atom is -0.355 e. The third-order valence-electron chi connectivity index (χ3n) is 5.24. The van der Waals surface area contributed by atoms with Crippen molar-refractivity contribution in [3.8, 4) is 0 Å². The molecule has 0 aliphatic heterocycles. The lowest BCUT2D eigenvalue weighted by Gasteiger charge is -2.17. The number of halogens is 5. The van der Waals surface area contributed by atoms with Crippen LogP contribution in [0.15, 0.2) is 48.5 Å². The number of carbonyl (C=O) groups excluding carboxylic acids is 2. The van der Waals surface area contributed by atoms with Crippen LogP contribution in [-0.2, 0) is 22.1 Å². The number of hydrogen-bond donors (Lipinski definition) is 2. The summed E-state index contributed by atoms with van der Waals surface area (Å²) in [5.74, 6) is -5.49. The molecule has 0 bridgehead atoms. The lowest BCUT2D eigenvalue weighted by Crippen LogP contribution is -2.36. The summed E-state index contributed by atoms with van der Waals surface area (Å²) in [6.07, 6.45) is -5.30. The minimum atomic E-state index is -4.95. The monoisotopic (exact) mass is 456 g/mol. The van der Waals surface area contributed by atoms with Gasteiger partial charge in [-0.25, -0.2) is 8.78 Å². The van der Waals surface area contributed by atoms with Gasteiger partial charge in [0.1, 0.15) is 0 Å². The van der Waals surface area contributed by atoms with Crippen molar-refractivity contribution >= 4 is 23.1 Å². The van der Waals surface area contributed by atoms with Gasteiger partial charge in [-0.2, -0.15) is 13.2 Å². The van der Waals surface area contributed by atoms with Crippen LogP contribution in [0.2, 0.25) is 0 Å². The highest BCUT2D eigenvalue weighted by Gasteiger charge is 2.54. The molecule has 3 rings (SSSR count). The Morgan fingerprint density at radius 2 is 1.56 bits per heavy atom. The van der Waals surface area contributed by atoms with Gasteiger partial charge in [-0.3, -0.25) is 9.59 Å². The predicted octanol–water partition coefficient (Wildman–Crippen LogP) is 6.10. The van der Waals surface area contributed by atoms with Crippen molar-refractivity contribution in [3.63, 3.8) is 0 Å². The number of hydrogen-bond acceptors (Lipinski definition) is 3. The van der Waals surface area contributed by atoms with Gasteiger partial charge in [0.25, 0.3) is 5.92 Å². The number of benzene rings is 2. The van der Waals surface area contributed by atoms with Crippen molar-refractivity contribution in [2.75, 3.05) is 5.32 Å². The van der Waals surface area contributed by atoms with E-state index in [4.69, 9.17) is 0 Å². The molecule has 32 heavy (non-hydrogen) atoms. The predicted molar refractivity (Wildman–Crippen MR) is 112 cm³/mol. The molecule has 0 heterocycles. The van der Waals surface area contributed by atoms with Crippen molar-refractivity contribution in [2.45, 2.75) is 52.3 Å². The van der Waals surface area contributed by atoms with Gasteiger partial charge in [-0.05, 0) is 36.6 Å². The quantitative estimate of drug-likeness (QED) is 0.472. The molecule has 0 radical (unpaired) electrons. The van der Waals surface area contributed by atoms with Crippen molar-refractivity contribution in [3.05, 3.63) is 59.7 Å². The van der Waals surface area contributed by atoms with Gasteiger partial charge in [-0.15, -0.1) is 0 Å². The highest BCUT2D eigenvalue weighted by Crippen LogP contribution is 2.50. The third-order valence-corrected chi connectivity index (χ3v) is 5.24. The number of ketones is 1. The topological polar surface area (TPSA) is 58.2 Å². The molecule has 2 aromatic carbocycles. The zero-order chi connectivity index (χ0) is 22.9. The first kappa shape index (κ1) is 25.3. The van der Waals surface area contributed by atoms with E-state index in [0.717, 1.165) is 6.92 Å². The lowest BCUT2D eigenvalue weighted by molar-refractivity contribution is -0.173. The minimum absolute atomic E-state index is 0. The number of amides is 1. The summed E-state index contributed by atoms with van der Waals surface area (Å²) in [4.78, 5) is 23.5. The SMILES string of the molecule is C.CC(F)(F)c1ccccc1Nc1ccc(CNC(=O)C2(CC(=O)C(F)(F)F)CC2)cc1. The Balaban J connectivity index is 0.00000363. The van der Waals surface area contributed by atoms with Crippen LogP contribution in [0.5, 0.6) is 0 Å². The first-order chi connectivity index (χ1) is 14.4. The summed E-state index contributed by atoms with van der Waals surface area (Å²) in [5, 5.41) is 5.51. The fourth-order valence-electron chi connectivity index (χ4n) is 3.25. The number of anilines is 2. The Kier molecular flexibility index (Phi) is 7.32. The van der Waals surface area contributed by atoms with Crippen LogP contribution in [-0.4, -0.2) is 17.9 Å². The summed E-state index contributed by atoms with van der Waals surface area (Å²) in [6, 6.07) is 12.7. The van der Waals surface area contributed by atoms with E-state index in [1.54, 1.807) is 30.3 Å². The van der Waals surface area contributed by atoms with Crippen LogP contribution in [0.25, 0.3) is 0 Å². The van der Waals surface area contributed by atoms with Gasteiger partial charge in [0, 0.05) is 36.8 Å². The molecule has 1 aliphatic carbocycles. The second-order valence-corrected chi connectivity index (χ2v) is 7.82. The van der Waals surface area contributed by atoms with Crippen LogP contribution in [0.4, 0.5) is 33.3 Å². The molecule has 1 saturated carbocycles. The number of nitrogens with one attached hydrogen (secondary N) is 2. The van der Waals surface area contributed by atoms with Crippen molar-refractivity contribution in [2.24, 2.45) is 5.41 Å². The third kappa shape index (κ3) is 6.05. The molecule has 1 fully saturated rings. The van der Waals surface area contributed by atoms with Gasteiger partial charge in [0.05, 0.1) is 5.41 Å². The van der Waals surface area contributed by atoms with E-state index in [0.29, 0.717) is 11.3 Å². The van der Waals surface area contributed by atoms with Crippen molar-refractivity contribution in [1.82, 2.24) is 5.32 Å². The smallest absolute Gasteiger partial charge is 0.355 e. The Morgan fingerprint density at radius 1 is 0.969 bits per heavy atom. The summed E-state index contributed by atoms with van der Waals surface area (Å²) in [6.45, 7) is 0.888. The average molecular weight is 456 g/mol. The van der Waals surface area contributed by atoms with Gasteiger partial charge in [-0.1, -0.05) is 37.8 Å². The Labute approximate surface area is 183 Å². The van der Waals surface area contributed by atoms with Crippen LogP contribution in [0.3, 0.4) is 0 Å². The molecule has 2 aromatic rings. The summed E-state index contributed by atoms with van der Waals surface area (Å²) in [7, 11) is 0. The van der Waals surface area contributed by atoms with E-state index in [-0.39, 0.29) is 38.1 Å². The zero-order valence-electron chi connectivity index (χ0n) is 16.7. The van der Waals surface area contributed by atoms with E-state index in [2.05, 4.69) is 10.6 Å². The Bertz CT molecular complexity index is 962. The summed E-state index contributed by atoms with van der Waals surface area (Å²) < 4.78 is 64.9. The number of rotatable bonds is 8. The number of carbonyl (C=O) groups is 2. The van der Waals surface area contributed by atoms with Gasteiger partial charge >= 0.3 is 6.18 Å². The van der Waals surface area contributed by atoms with E-state index < -0.39 is 35.6 Å². The second-order valence-electron chi connectivity index (χ2n) is 7.82. The first-order valence-electron chi connectivity index (χ1n) is 9.62. The maximum Gasteiger partial charge on any atom is 0.450 e. The van der Waals surface area contributed by atoms with Crippen molar-refractivity contribution < 1.29 is 31.5 Å². The van der Waals surface area contributed by atoms with E-state index >= 15 is 0 Å². The highest BCUT2D eigenvalue weighted by molar-refractivity contribution is 5.93. The number of Topliss-reactive ketones (excluding diaryl/α,β-unsaturated/α-hetero) is 1. The van der Waals surface area contributed by atoms with Crippen LogP contribution in [0.1, 0.15) is 44.7 Å². The standard InChI is InChI=1S/C22H21F5N2O2.CH4/c1-20(23,24)16-4-2-3-5-17(16)29-15-8-6-14(7-9-15)13-28-19(31)21(10-11-21)12-18(30)22(25,26)27;/h2-9,29H,10-13H2,1H3,(H,28,31);1H4. The van der Waals surface area contributed by atoms with Gasteiger partial charge in [0.15, 0.2) is 0 Å². The molecule has 0 aromatic heterocycles. The summed E-state index contributed by atoms with van der Waals surface area (Å²) >= 11 is 0. The largest absolute Gasteiger partial charge is 0.450 e. The fourth-order valence-corrected chi connectivity index (χ4v) is 3.25. The molecule has 174 valence electrons. The first-order valence-corrected chi connectivity index (χ1v) is 9.62. The van der Waals surface area contributed by atoms with Crippen LogP contribution < -0.4 is 10.6 Å². The second kappa shape index (κ2) is 9.26. The maximum atomic E-state index is 13.7.